The molecule has 0 unspecified atom stereocenters. The summed E-state index contributed by atoms with van der Waals surface area (Å²) in [5.41, 5.74) is 0.675. The molecule has 0 aliphatic heterocycles. The largest absolute Gasteiger partial charge is 0.478 e. The quantitative estimate of drug-likeness (QED) is 0.823. The van der Waals surface area contributed by atoms with Crippen LogP contribution in [0.15, 0.2) is 48.5 Å². The van der Waals surface area contributed by atoms with E-state index in [0.717, 1.165) is 0 Å². The van der Waals surface area contributed by atoms with Crippen LogP contribution in [0.1, 0.15) is 36.6 Å². The average Bonchev–Trinajstić information content (AvgIpc) is 2.47. The minimum atomic E-state index is -1.17. The van der Waals surface area contributed by atoms with E-state index in [9.17, 15) is 14.4 Å². The lowest BCUT2D eigenvalue weighted by atomic mass is 9.98. The number of rotatable bonds is 5. The van der Waals surface area contributed by atoms with Crippen molar-refractivity contribution in [2.75, 3.05) is 0 Å². The number of carbonyl (C=O) groups excluding carboxylic acids is 1. The summed E-state index contributed by atoms with van der Waals surface area (Å²) >= 11 is 0. The lowest BCUT2D eigenvalue weighted by molar-refractivity contribution is 0.0685. The Hall–Kier alpha value is -2.95. The Morgan fingerprint density at radius 3 is 2.10 bits per heavy atom. The first-order valence-corrected chi connectivity index (χ1v) is 6.17. The second kappa shape index (κ2) is 6.00. The van der Waals surface area contributed by atoms with E-state index in [1.165, 1.54) is 24.3 Å². The minimum absolute atomic E-state index is 0.0502. The van der Waals surface area contributed by atoms with Crippen LogP contribution in [0.4, 0.5) is 0 Å². The van der Waals surface area contributed by atoms with E-state index in [4.69, 9.17) is 10.2 Å². The van der Waals surface area contributed by atoms with Gasteiger partial charge in [-0.15, -0.1) is 0 Å². The summed E-state index contributed by atoms with van der Waals surface area (Å²) in [7, 11) is 0. The summed E-state index contributed by atoms with van der Waals surface area (Å²) in [6, 6.07) is 12.0. The molecule has 5 nitrogen and oxygen atoms in total. The van der Waals surface area contributed by atoms with Gasteiger partial charge in [-0.25, -0.2) is 9.59 Å². The fraction of sp³-hybridized carbons (Fsp3) is 0.0625. The van der Waals surface area contributed by atoms with Gasteiger partial charge in [0, 0.05) is 12.0 Å². The highest BCUT2D eigenvalue weighted by atomic mass is 16.4. The molecule has 0 bridgehead atoms. The average molecular weight is 284 g/mol. The lowest BCUT2D eigenvalue weighted by Gasteiger charge is -2.06. The molecule has 0 radical (unpaired) electrons. The van der Waals surface area contributed by atoms with Crippen LogP contribution in [0.3, 0.4) is 0 Å². The van der Waals surface area contributed by atoms with Crippen LogP contribution in [-0.4, -0.2) is 27.9 Å². The fourth-order valence-corrected chi connectivity index (χ4v) is 2.01. The van der Waals surface area contributed by atoms with Gasteiger partial charge in [0.25, 0.3) is 0 Å². The molecule has 0 heterocycles. The number of Topliss-reactive ketones (excluding diaryl/α,β-unsaturated/α-hetero) is 1. The molecule has 2 aromatic carbocycles. The van der Waals surface area contributed by atoms with Crippen LogP contribution in [-0.2, 0) is 6.42 Å². The van der Waals surface area contributed by atoms with E-state index in [2.05, 4.69) is 0 Å². The van der Waals surface area contributed by atoms with Crippen LogP contribution in [0, 0.1) is 0 Å². The molecular weight excluding hydrogens is 272 g/mol. The highest BCUT2D eigenvalue weighted by Gasteiger charge is 2.16. The monoisotopic (exact) mass is 284 g/mol. The molecule has 0 aliphatic rings. The van der Waals surface area contributed by atoms with Crippen LogP contribution >= 0.6 is 0 Å². The van der Waals surface area contributed by atoms with Crippen molar-refractivity contribution in [2.24, 2.45) is 0 Å². The van der Waals surface area contributed by atoms with Gasteiger partial charge in [0.2, 0.25) is 0 Å². The number of aromatic carboxylic acids is 2. The predicted octanol–water partition coefficient (Wildman–Crippen LogP) is 2.51. The molecule has 0 aromatic heterocycles. The van der Waals surface area contributed by atoms with Gasteiger partial charge in [0.1, 0.15) is 0 Å². The van der Waals surface area contributed by atoms with E-state index < -0.39 is 11.9 Å². The molecule has 2 aromatic rings. The highest BCUT2D eigenvalue weighted by molar-refractivity contribution is 6.06. The number of ketones is 1. The van der Waals surface area contributed by atoms with E-state index >= 15 is 0 Å². The number of carboxylic acid groups (broad SMARTS) is 2. The Morgan fingerprint density at radius 1 is 0.810 bits per heavy atom. The maximum atomic E-state index is 12.2. The minimum Gasteiger partial charge on any atom is -0.478 e. The third-order valence-electron chi connectivity index (χ3n) is 3.00. The summed E-state index contributed by atoms with van der Waals surface area (Å²) in [6.45, 7) is 0. The molecule has 2 rings (SSSR count). The lowest BCUT2D eigenvalue weighted by Crippen LogP contribution is -2.11. The van der Waals surface area contributed by atoms with Gasteiger partial charge in [0.05, 0.1) is 11.1 Å². The van der Waals surface area contributed by atoms with Gasteiger partial charge in [-0.3, -0.25) is 4.79 Å². The Kier molecular flexibility index (Phi) is 4.13. The molecule has 0 saturated heterocycles. The summed E-state index contributed by atoms with van der Waals surface area (Å²) in [4.78, 5) is 34.2. The Balaban J connectivity index is 2.28. The first-order valence-electron chi connectivity index (χ1n) is 6.17. The number of carboxylic acids is 2. The summed E-state index contributed by atoms with van der Waals surface area (Å²) in [5, 5.41) is 18.0. The molecule has 2 N–H and O–H groups in total. The zero-order valence-electron chi connectivity index (χ0n) is 10.9. The number of benzene rings is 2. The van der Waals surface area contributed by atoms with E-state index in [1.807, 2.05) is 0 Å². The Labute approximate surface area is 120 Å². The van der Waals surface area contributed by atoms with Crippen molar-refractivity contribution in [2.45, 2.75) is 6.42 Å². The Bertz CT molecular complexity index is 718. The van der Waals surface area contributed by atoms with Crippen LogP contribution in [0.25, 0.3) is 0 Å². The van der Waals surface area contributed by atoms with E-state index in [1.54, 1.807) is 24.3 Å². The third-order valence-corrected chi connectivity index (χ3v) is 3.00. The van der Waals surface area contributed by atoms with Crippen molar-refractivity contribution in [1.82, 2.24) is 0 Å². The van der Waals surface area contributed by atoms with Crippen LogP contribution in [0.2, 0.25) is 0 Å². The molecule has 0 aliphatic carbocycles. The molecule has 0 saturated carbocycles. The standard InChI is InChI=1S/C16H12O5/c17-14(12-6-1-2-7-13(12)16(20)21)9-10-4-3-5-11(8-10)15(18)19/h1-8H,9H2,(H,18,19)(H,20,21). The first-order chi connectivity index (χ1) is 9.99. The third kappa shape index (κ3) is 3.33. The fourth-order valence-electron chi connectivity index (χ4n) is 2.01. The second-order valence-electron chi connectivity index (χ2n) is 4.46. The zero-order valence-corrected chi connectivity index (χ0v) is 10.9. The summed E-state index contributed by atoms with van der Waals surface area (Å²) < 4.78 is 0. The number of carbonyl (C=O) groups is 3. The second-order valence-corrected chi connectivity index (χ2v) is 4.46. The van der Waals surface area contributed by atoms with Gasteiger partial charge < -0.3 is 10.2 Å². The van der Waals surface area contributed by atoms with Crippen molar-refractivity contribution >= 4 is 17.7 Å². The topological polar surface area (TPSA) is 91.7 Å². The van der Waals surface area contributed by atoms with Crippen molar-refractivity contribution in [3.63, 3.8) is 0 Å². The maximum absolute atomic E-state index is 12.2. The molecule has 0 spiro atoms. The summed E-state index contributed by atoms with van der Waals surface area (Å²) in [5.74, 6) is -2.61. The van der Waals surface area contributed by atoms with Gasteiger partial charge >= 0.3 is 11.9 Å². The summed E-state index contributed by atoms with van der Waals surface area (Å²) in [6.07, 6.45) is -0.0502. The zero-order chi connectivity index (χ0) is 15.4. The number of hydrogen-bond acceptors (Lipinski definition) is 3. The molecule has 5 heteroatoms. The van der Waals surface area contributed by atoms with Crippen molar-refractivity contribution in [3.8, 4) is 0 Å². The highest BCUT2D eigenvalue weighted by Crippen LogP contribution is 2.14. The van der Waals surface area contributed by atoms with E-state index in [-0.39, 0.29) is 28.9 Å². The molecule has 0 fully saturated rings. The smallest absolute Gasteiger partial charge is 0.336 e. The van der Waals surface area contributed by atoms with Crippen molar-refractivity contribution in [1.29, 1.82) is 0 Å². The Morgan fingerprint density at radius 2 is 1.48 bits per heavy atom. The molecule has 106 valence electrons. The van der Waals surface area contributed by atoms with Crippen LogP contribution < -0.4 is 0 Å². The molecule has 21 heavy (non-hydrogen) atoms. The molecular formula is C16H12O5. The van der Waals surface area contributed by atoms with Crippen molar-refractivity contribution in [3.05, 3.63) is 70.8 Å². The van der Waals surface area contributed by atoms with Gasteiger partial charge in [-0.1, -0.05) is 30.3 Å². The van der Waals surface area contributed by atoms with E-state index in [0.29, 0.717) is 5.56 Å². The van der Waals surface area contributed by atoms with Gasteiger partial charge in [-0.05, 0) is 23.8 Å². The molecule has 0 atom stereocenters. The maximum Gasteiger partial charge on any atom is 0.336 e. The normalized spacial score (nSPS) is 10.1. The van der Waals surface area contributed by atoms with Gasteiger partial charge in [0.15, 0.2) is 5.78 Å². The van der Waals surface area contributed by atoms with Gasteiger partial charge in [-0.2, -0.15) is 0 Å². The predicted molar refractivity (Wildman–Crippen MR) is 74.8 cm³/mol. The van der Waals surface area contributed by atoms with Crippen LogP contribution in [0.5, 0.6) is 0 Å². The van der Waals surface area contributed by atoms with Crippen molar-refractivity contribution < 1.29 is 24.6 Å². The first kappa shape index (κ1) is 14.5. The molecule has 0 amide bonds. The number of hydrogen-bond donors (Lipinski definition) is 2. The SMILES string of the molecule is O=C(O)c1cccc(CC(=O)c2ccccc2C(=O)O)c1.